The lowest BCUT2D eigenvalue weighted by Gasteiger charge is -2.36. The van der Waals surface area contributed by atoms with Gasteiger partial charge in [-0.2, -0.15) is 0 Å². The van der Waals surface area contributed by atoms with Crippen LogP contribution in [0.5, 0.6) is 5.75 Å². The lowest BCUT2D eigenvalue weighted by molar-refractivity contribution is -0.125. The fraction of sp³-hybridized carbons (Fsp3) is 0.417. The van der Waals surface area contributed by atoms with Crippen LogP contribution in [0.25, 0.3) is 0 Å². The number of rotatable bonds is 7. The average molecular weight is 446 g/mol. The summed E-state index contributed by atoms with van der Waals surface area (Å²) in [5.41, 5.74) is 0.718. The molecule has 6 nitrogen and oxygen atoms in total. The van der Waals surface area contributed by atoms with Gasteiger partial charge in [-0.25, -0.2) is 4.79 Å². The van der Waals surface area contributed by atoms with Crippen LogP contribution in [-0.4, -0.2) is 38.3 Å². The molecule has 0 radical (unpaired) electrons. The fourth-order valence-corrected chi connectivity index (χ4v) is 4.04. The zero-order valence-corrected chi connectivity index (χ0v) is 18.8. The van der Waals surface area contributed by atoms with Crippen LogP contribution >= 0.6 is 11.6 Å². The van der Waals surface area contributed by atoms with E-state index in [-0.39, 0.29) is 17.6 Å². The first kappa shape index (κ1) is 23.1. The molecule has 0 saturated carbocycles. The standard InChI is InChI=1S/C24H28ClNO5/c1-4-16(2)31-21-10-9-17(15-18(21)22(27)29-3)26-23(28)24(11-13-30-14-12-24)19-7-5-6-8-20(19)25/h5-10,15-16H,4,11-14H2,1-3H3,(H,26,28). The monoisotopic (exact) mass is 445 g/mol. The van der Waals surface area contributed by atoms with Gasteiger partial charge in [-0.1, -0.05) is 36.7 Å². The van der Waals surface area contributed by atoms with Crippen LogP contribution in [-0.2, 0) is 19.7 Å². The van der Waals surface area contributed by atoms with Crippen molar-refractivity contribution in [1.29, 1.82) is 0 Å². The molecule has 31 heavy (non-hydrogen) atoms. The molecule has 1 fully saturated rings. The van der Waals surface area contributed by atoms with E-state index in [9.17, 15) is 9.59 Å². The number of halogens is 1. The number of methoxy groups -OCH3 is 1. The number of amides is 1. The van der Waals surface area contributed by atoms with E-state index < -0.39 is 11.4 Å². The van der Waals surface area contributed by atoms with Crippen molar-refractivity contribution in [1.82, 2.24) is 0 Å². The molecule has 1 aliphatic rings. The number of esters is 1. The molecule has 1 amide bonds. The number of anilines is 1. The van der Waals surface area contributed by atoms with Crippen LogP contribution < -0.4 is 10.1 Å². The Bertz CT molecular complexity index is 939. The molecule has 1 aliphatic heterocycles. The van der Waals surface area contributed by atoms with Gasteiger partial charge < -0.3 is 19.5 Å². The largest absolute Gasteiger partial charge is 0.490 e. The van der Waals surface area contributed by atoms with Gasteiger partial charge in [0.25, 0.3) is 0 Å². The van der Waals surface area contributed by atoms with Crippen molar-refractivity contribution in [3.63, 3.8) is 0 Å². The summed E-state index contributed by atoms with van der Waals surface area (Å²) in [6, 6.07) is 12.4. The van der Waals surface area contributed by atoms with Crippen molar-refractivity contribution < 1.29 is 23.8 Å². The Morgan fingerprint density at radius 3 is 2.55 bits per heavy atom. The minimum Gasteiger partial charge on any atom is -0.490 e. The summed E-state index contributed by atoms with van der Waals surface area (Å²) in [4.78, 5) is 25.9. The molecule has 0 bridgehead atoms. The molecule has 7 heteroatoms. The SMILES string of the molecule is CCC(C)Oc1ccc(NC(=O)C2(c3ccccc3Cl)CCOCC2)cc1C(=O)OC. The van der Waals surface area contributed by atoms with Gasteiger partial charge in [-0.05, 0) is 56.0 Å². The van der Waals surface area contributed by atoms with Gasteiger partial charge in [0.05, 0.1) is 18.6 Å². The molecule has 0 spiro atoms. The molecular formula is C24H28ClNO5. The number of carbonyl (C=O) groups is 2. The fourth-order valence-electron chi connectivity index (χ4n) is 3.72. The smallest absolute Gasteiger partial charge is 0.341 e. The van der Waals surface area contributed by atoms with Crippen molar-refractivity contribution in [3.8, 4) is 5.75 Å². The molecule has 0 aromatic heterocycles. The Balaban J connectivity index is 1.93. The van der Waals surface area contributed by atoms with Crippen LogP contribution in [0.4, 0.5) is 5.69 Å². The molecule has 2 aromatic carbocycles. The highest BCUT2D eigenvalue weighted by Gasteiger charge is 2.43. The molecule has 0 aliphatic carbocycles. The van der Waals surface area contributed by atoms with Gasteiger partial charge in [0.2, 0.25) is 5.91 Å². The Hall–Kier alpha value is -2.57. The van der Waals surface area contributed by atoms with E-state index >= 15 is 0 Å². The highest BCUT2D eigenvalue weighted by molar-refractivity contribution is 6.31. The van der Waals surface area contributed by atoms with Crippen LogP contribution in [0.15, 0.2) is 42.5 Å². The number of hydrogen-bond acceptors (Lipinski definition) is 5. The molecular weight excluding hydrogens is 418 g/mol. The summed E-state index contributed by atoms with van der Waals surface area (Å²) in [7, 11) is 1.31. The van der Waals surface area contributed by atoms with Gasteiger partial charge in [0.1, 0.15) is 11.3 Å². The molecule has 1 saturated heterocycles. The maximum absolute atomic E-state index is 13.5. The predicted octanol–water partition coefficient (Wildman–Crippen LogP) is 4.99. The summed E-state index contributed by atoms with van der Waals surface area (Å²) in [6.07, 6.45) is 1.76. The molecule has 1 heterocycles. The van der Waals surface area contributed by atoms with E-state index in [0.29, 0.717) is 42.5 Å². The highest BCUT2D eigenvalue weighted by atomic mass is 35.5. The van der Waals surface area contributed by atoms with Gasteiger partial charge >= 0.3 is 5.97 Å². The van der Waals surface area contributed by atoms with Crippen LogP contribution in [0, 0.1) is 0 Å². The van der Waals surface area contributed by atoms with Gasteiger partial charge in [0, 0.05) is 23.9 Å². The van der Waals surface area contributed by atoms with E-state index in [0.717, 1.165) is 12.0 Å². The van der Waals surface area contributed by atoms with Crippen LogP contribution in [0.2, 0.25) is 5.02 Å². The Kier molecular flexibility index (Phi) is 7.57. The third kappa shape index (κ3) is 5.02. The maximum Gasteiger partial charge on any atom is 0.341 e. The first-order valence-corrected chi connectivity index (χ1v) is 10.8. The lowest BCUT2D eigenvalue weighted by Crippen LogP contribution is -2.45. The third-order valence-electron chi connectivity index (χ3n) is 5.72. The molecule has 166 valence electrons. The molecule has 1 N–H and O–H groups in total. The van der Waals surface area contributed by atoms with Gasteiger partial charge in [0.15, 0.2) is 0 Å². The second-order valence-corrected chi connectivity index (χ2v) is 8.07. The van der Waals surface area contributed by atoms with E-state index in [1.165, 1.54) is 7.11 Å². The van der Waals surface area contributed by atoms with E-state index in [2.05, 4.69) is 5.32 Å². The number of hydrogen-bond donors (Lipinski definition) is 1. The number of nitrogens with one attached hydrogen (secondary N) is 1. The van der Waals surface area contributed by atoms with E-state index in [4.69, 9.17) is 25.8 Å². The zero-order valence-electron chi connectivity index (χ0n) is 18.1. The van der Waals surface area contributed by atoms with Gasteiger partial charge in [-0.15, -0.1) is 0 Å². The molecule has 1 atom stereocenters. The van der Waals surface area contributed by atoms with E-state index in [1.807, 2.05) is 32.0 Å². The average Bonchev–Trinajstić information content (AvgIpc) is 2.80. The van der Waals surface area contributed by atoms with Crippen molar-refractivity contribution in [3.05, 3.63) is 58.6 Å². The van der Waals surface area contributed by atoms with Crippen molar-refractivity contribution >= 4 is 29.2 Å². The number of ether oxygens (including phenoxy) is 3. The van der Waals surface area contributed by atoms with Crippen molar-refractivity contribution in [2.24, 2.45) is 0 Å². The van der Waals surface area contributed by atoms with Gasteiger partial charge in [-0.3, -0.25) is 4.79 Å². The quantitative estimate of drug-likeness (QED) is 0.607. The maximum atomic E-state index is 13.5. The summed E-state index contributed by atoms with van der Waals surface area (Å²) < 4.78 is 16.3. The lowest BCUT2D eigenvalue weighted by atomic mass is 9.73. The normalized spacial score (nSPS) is 16.3. The molecule has 1 unspecified atom stereocenters. The Morgan fingerprint density at radius 1 is 1.19 bits per heavy atom. The van der Waals surface area contributed by atoms with E-state index in [1.54, 1.807) is 24.3 Å². The predicted molar refractivity (Wildman–Crippen MR) is 120 cm³/mol. The second-order valence-electron chi connectivity index (χ2n) is 7.67. The highest BCUT2D eigenvalue weighted by Crippen LogP contribution is 2.40. The van der Waals surface area contributed by atoms with Crippen LogP contribution in [0.3, 0.4) is 0 Å². The molecule has 3 rings (SSSR count). The Morgan fingerprint density at radius 2 is 1.90 bits per heavy atom. The zero-order chi connectivity index (χ0) is 22.4. The van der Waals surface area contributed by atoms with Crippen molar-refractivity contribution in [2.75, 3.05) is 25.6 Å². The summed E-state index contributed by atoms with van der Waals surface area (Å²) >= 11 is 6.46. The summed E-state index contributed by atoms with van der Waals surface area (Å²) in [6.45, 7) is 4.86. The number of benzene rings is 2. The summed E-state index contributed by atoms with van der Waals surface area (Å²) in [5, 5.41) is 3.52. The Labute approximate surface area is 187 Å². The topological polar surface area (TPSA) is 73.9 Å². The first-order valence-electron chi connectivity index (χ1n) is 10.4. The molecule has 2 aromatic rings. The summed E-state index contributed by atoms with van der Waals surface area (Å²) in [5.74, 6) is -0.289. The van der Waals surface area contributed by atoms with Crippen molar-refractivity contribution in [2.45, 2.75) is 44.6 Å². The minimum absolute atomic E-state index is 0.0606. The third-order valence-corrected chi connectivity index (χ3v) is 6.05. The number of carbonyl (C=O) groups excluding carboxylic acids is 2. The minimum atomic E-state index is -0.812. The first-order chi connectivity index (χ1) is 14.9. The second kappa shape index (κ2) is 10.2. The van der Waals surface area contributed by atoms with Crippen LogP contribution in [0.1, 0.15) is 49.0 Å².